The number of carbonyl (C=O) groups excluding carboxylic acids is 1. The van der Waals surface area contributed by atoms with Crippen LogP contribution >= 0.6 is 27.7 Å². The molecule has 0 unspecified atom stereocenters. The van der Waals surface area contributed by atoms with Gasteiger partial charge in [0.2, 0.25) is 5.91 Å². The maximum Gasteiger partial charge on any atom is 0.269 e. The zero-order chi connectivity index (χ0) is 16.8. The minimum atomic E-state index is -0.416. The molecule has 0 fully saturated rings. The SMILES string of the molecule is C[C@H](SCC(=O)Nc1ccc(Br)cc1)c1cccc([N+](=O)[O-])c1. The largest absolute Gasteiger partial charge is 0.325 e. The molecule has 0 spiro atoms. The van der Waals surface area contributed by atoms with Gasteiger partial charge in [0.25, 0.3) is 5.69 Å². The first-order valence-electron chi connectivity index (χ1n) is 6.87. The van der Waals surface area contributed by atoms with Crippen LogP contribution in [0.5, 0.6) is 0 Å². The van der Waals surface area contributed by atoms with Gasteiger partial charge in [0.15, 0.2) is 0 Å². The summed E-state index contributed by atoms with van der Waals surface area (Å²) in [7, 11) is 0. The van der Waals surface area contributed by atoms with E-state index in [-0.39, 0.29) is 22.6 Å². The minimum absolute atomic E-state index is 0.00873. The van der Waals surface area contributed by atoms with Crippen LogP contribution < -0.4 is 5.32 Å². The molecule has 2 aromatic carbocycles. The molecular weight excluding hydrogens is 380 g/mol. The summed E-state index contributed by atoms with van der Waals surface area (Å²) < 4.78 is 0.948. The second-order valence-electron chi connectivity index (χ2n) is 4.86. The van der Waals surface area contributed by atoms with Gasteiger partial charge in [-0.3, -0.25) is 14.9 Å². The fourth-order valence-corrected chi connectivity index (χ4v) is 3.00. The highest BCUT2D eigenvalue weighted by Crippen LogP contribution is 2.30. The summed E-state index contributed by atoms with van der Waals surface area (Å²) >= 11 is 4.78. The lowest BCUT2D eigenvalue weighted by atomic mass is 10.1. The van der Waals surface area contributed by atoms with Crippen LogP contribution in [-0.2, 0) is 4.79 Å². The number of carbonyl (C=O) groups is 1. The van der Waals surface area contributed by atoms with Gasteiger partial charge in [-0.2, -0.15) is 0 Å². The predicted octanol–water partition coefficient (Wildman–Crippen LogP) is 4.79. The average molecular weight is 395 g/mol. The highest BCUT2D eigenvalue weighted by molar-refractivity contribution is 9.10. The van der Waals surface area contributed by atoms with Crippen molar-refractivity contribution in [2.45, 2.75) is 12.2 Å². The zero-order valence-electron chi connectivity index (χ0n) is 12.4. The summed E-state index contributed by atoms with van der Waals surface area (Å²) in [6.07, 6.45) is 0. The molecule has 2 rings (SSSR count). The second kappa shape index (κ2) is 8.12. The van der Waals surface area contributed by atoms with Crippen LogP contribution in [0.3, 0.4) is 0 Å². The van der Waals surface area contributed by atoms with Gasteiger partial charge in [-0.05, 0) is 36.8 Å². The van der Waals surface area contributed by atoms with Crippen molar-refractivity contribution >= 4 is 45.0 Å². The Morgan fingerprint density at radius 1 is 1.30 bits per heavy atom. The van der Waals surface area contributed by atoms with Crippen LogP contribution in [0.25, 0.3) is 0 Å². The number of halogens is 1. The third-order valence-electron chi connectivity index (χ3n) is 3.14. The number of hydrogen-bond donors (Lipinski definition) is 1. The number of anilines is 1. The lowest BCUT2D eigenvalue weighted by Gasteiger charge is -2.11. The monoisotopic (exact) mass is 394 g/mol. The molecule has 0 saturated carbocycles. The third kappa shape index (κ3) is 5.37. The van der Waals surface area contributed by atoms with E-state index in [1.54, 1.807) is 12.1 Å². The highest BCUT2D eigenvalue weighted by atomic mass is 79.9. The lowest BCUT2D eigenvalue weighted by molar-refractivity contribution is -0.384. The Morgan fingerprint density at radius 2 is 2.00 bits per heavy atom. The Kier molecular flexibility index (Phi) is 6.18. The fourth-order valence-electron chi connectivity index (χ4n) is 1.92. The molecule has 0 aromatic heterocycles. The summed E-state index contributed by atoms with van der Waals surface area (Å²) in [5.74, 6) is 0.175. The predicted molar refractivity (Wildman–Crippen MR) is 96.7 cm³/mol. The Labute approximate surface area is 146 Å². The van der Waals surface area contributed by atoms with E-state index in [1.165, 1.54) is 17.8 Å². The number of nitrogens with zero attached hydrogens (tertiary/aromatic N) is 1. The van der Waals surface area contributed by atoms with E-state index in [0.717, 1.165) is 15.7 Å². The molecule has 0 aliphatic rings. The number of nitro groups is 1. The molecule has 0 heterocycles. The van der Waals surface area contributed by atoms with Crippen molar-refractivity contribution in [3.8, 4) is 0 Å². The van der Waals surface area contributed by atoms with Crippen molar-refractivity contribution in [3.63, 3.8) is 0 Å². The van der Waals surface area contributed by atoms with Gasteiger partial charge < -0.3 is 5.32 Å². The van der Waals surface area contributed by atoms with Crippen molar-refractivity contribution < 1.29 is 9.72 Å². The number of benzene rings is 2. The molecule has 1 amide bonds. The normalized spacial score (nSPS) is 11.7. The topological polar surface area (TPSA) is 72.2 Å². The molecule has 0 bridgehead atoms. The van der Waals surface area contributed by atoms with Gasteiger partial charge in [-0.25, -0.2) is 0 Å². The maximum absolute atomic E-state index is 12.0. The lowest BCUT2D eigenvalue weighted by Crippen LogP contribution is -2.14. The molecule has 0 aliphatic carbocycles. The quantitative estimate of drug-likeness (QED) is 0.564. The van der Waals surface area contributed by atoms with Gasteiger partial charge in [-0.1, -0.05) is 28.1 Å². The van der Waals surface area contributed by atoms with E-state index < -0.39 is 4.92 Å². The fraction of sp³-hybridized carbons (Fsp3) is 0.188. The standard InChI is InChI=1S/C16H15BrN2O3S/c1-11(12-3-2-4-15(9-12)19(21)22)23-10-16(20)18-14-7-5-13(17)6-8-14/h2-9,11H,10H2,1H3,(H,18,20)/t11-/m0/s1. The highest BCUT2D eigenvalue weighted by Gasteiger charge is 2.13. The van der Waals surface area contributed by atoms with E-state index in [0.29, 0.717) is 0 Å². The average Bonchev–Trinajstić information content (AvgIpc) is 2.55. The molecule has 120 valence electrons. The Balaban J connectivity index is 1.89. The molecule has 0 radical (unpaired) electrons. The van der Waals surface area contributed by atoms with Gasteiger partial charge in [0, 0.05) is 27.5 Å². The molecule has 5 nitrogen and oxygen atoms in total. The number of nitrogens with one attached hydrogen (secondary N) is 1. The zero-order valence-corrected chi connectivity index (χ0v) is 14.8. The van der Waals surface area contributed by atoms with Gasteiger partial charge in [-0.15, -0.1) is 11.8 Å². The van der Waals surface area contributed by atoms with Crippen LogP contribution in [-0.4, -0.2) is 16.6 Å². The molecule has 0 aliphatic heterocycles. The van der Waals surface area contributed by atoms with Gasteiger partial charge in [0.05, 0.1) is 10.7 Å². The second-order valence-corrected chi connectivity index (χ2v) is 7.11. The van der Waals surface area contributed by atoms with Crippen molar-refractivity contribution in [1.29, 1.82) is 0 Å². The number of thioether (sulfide) groups is 1. The van der Waals surface area contributed by atoms with Crippen molar-refractivity contribution in [2.75, 3.05) is 11.1 Å². The van der Waals surface area contributed by atoms with Crippen molar-refractivity contribution in [2.24, 2.45) is 0 Å². The van der Waals surface area contributed by atoms with Crippen molar-refractivity contribution in [3.05, 3.63) is 68.7 Å². The maximum atomic E-state index is 12.0. The van der Waals surface area contributed by atoms with Crippen LogP contribution in [0.15, 0.2) is 53.0 Å². The molecule has 1 N–H and O–H groups in total. The number of amides is 1. The van der Waals surface area contributed by atoms with Gasteiger partial charge >= 0.3 is 0 Å². The Hall–Kier alpha value is -1.86. The Bertz CT molecular complexity index is 707. The molecule has 7 heteroatoms. The summed E-state index contributed by atoms with van der Waals surface area (Å²) in [5.41, 5.74) is 1.64. The van der Waals surface area contributed by atoms with E-state index in [1.807, 2.05) is 37.3 Å². The van der Waals surface area contributed by atoms with Crippen LogP contribution in [0, 0.1) is 10.1 Å². The smallest absolute Gasteiger partial charge is 0.269 e. The first kappa shape index (κ1) is 17.5. The summed E-state index contributed by atoms with van der Waals surface area (Å²) in [5, 5.41) is 13.6. The van der Waals surface area contributed by atoms with E-state index in [2.05, 4.69) is 21.2 Å². The molecule has 1 atom stereocenters. The summed E-state index contributed by atoms with van der Waals surface area (Å²) in [4.78, 5) is 22.3. The van der Waals surface area contributed by atoms with E-state index in [4.69, 9.17) is 0 Å². The van der Waals surface area contributed by atoms with E-state index >= 15 is 0 Å². The number of nitro benzene ring substituents is 1. The summed E-state index contributed by atoms with van der Waals surface area (Å²) in [6.45, 7) is 1.93. The van der Waals surface area contributed by atoms with E-state index in [9.17, 15) is 14.9 Å². The molecular formula is C16H15BrN2O3S. The molecule has 2 aromatic rings. The summed E-state index contributed by atoms with van der Waals surface area (Å²) in [6, 6.07) is 13.8. The van der Waals surface area contributed by atoms with Crippen molar-refractivity contribution in [1.82, 2.24) is 0 Å². The van der Waals surface area contributed by atoms with Gasteiger partial charge in [0.1, 0.15) is 0 Å². The number of non-ortho nitro benzene ring substituents is 1. The number of hydrogen-bond acceptors (Lipinski definition) is 4. The third-order valence-corrected chi connectivity index (χ3v) is 4.87. The van der Waals surface area contributed by atoms with Crippen LogP contribution in [0.2, 0.25) is 0 Å². The first-order valence-corrected chi connectivity index (χ1v) is 8.71. The Morgan fingerprint density at radius 3 is 2.65 bits per heavy atom. The van der Waals surface area contributed by atoms with Crippen LogP contribution in [0.1, 0.15) is 17.7 Å². The first-order chi connectivity index (χ1) is 11.0. The number of rotatable bonds is 6. The minimum Gasteiger partial charge on any atom is -0.325 e. The molecule has 23 heavy (non-hydrogen) atoms. The van der Waals surface area contributed by atoms with Crippen LogP contribution in [0.4, 0.5) is 11.4 Å². The molecule has 0 saturated heterocycles.